The van der Waals surface area contributed by atoms with Gasteiger partial charge in [0.25, 0.3) is 5.91 Å². The molecule has 8 nitrogen and oxygen atoms in total. The molecule has 3 N–H and O–H groups in total. The Morgan fingerprint density at radius 1 is 1.00 bits per heavy atom. The molecule has 0 radical (unpaired) electrons. The molecule has 5 amide bonds. The first-order valence-electron chi connectivity index (χ1n) is 9.73. The Kier molecular flexibility index (Phi) is 4.99. The second kappa shape index (κ2) is 7.62. The van der Waals surface area contributed by atoms with Gasteiger partial charge in [0, 0.05) is 26.1 Å². The average Bonchev–Trinajstić information content (AvgIpc) is 2.70. The number of carbonyl (C=O) groups is 4. The molecule has 0 unspecified atom stereocenters. The number of nitrogens with zero attached hydrogens (tertiary/aromatic N) is 2. The third-order valence-corrected chi connectivity index (χ3v) is 5.66. The zero-order chi connectivity index (χ0) is 21.3. The van der Waals surface area contributed by atoms with Crippen molar-refractivity contribution in [3.63, 3.8) is 0 Å². The number of benzene rings is 2. The van der Waals surface area contributed by atoms with Crippen molar-refractivity contribution in [2.24, 2.45) is 11.1 Å². The maximum atomic E-state index is 13.2. The summed E-state index contributed by atoms with van der Waals surface area (Å²) in [6.07, 6.45) is 0.630. The third-order valence-electron chi connectivity index (χ3n) is 5.66. The van der Waals surface area contributed by atoms with E-state index < -0.39 is 17.4 Å². The number of hydrogen-bond donors (Lipinski definition) is 2. The van der Waals surface area contributed by atoms with Gasteiger partial charge in [-0.2, -0.15) is 0 Å². The van der Waals surface area contributed by atoms with Gasteiger partial charge < -0.3 is 10.6 Å². The Balaban J connectivity index is 1.53. The molecule has 2 fully saturated rings. The normalized spacial score (nSPS) is 17.9. The molecule has 154 valence electrons. The lowest BCUT2D eigenvalue weighted by Gasteiger charge is -2.48. The molecule has 2 aliphatic rings. The number of rotatable bonds is 5. The molecule has 0 spiro atoms. The van der Waals surface area contributed by atoms with Gasteiger partial charge >= 0.3 is 6.03 Å². The number of para-hydroxylation sites is 1. The van der Waals surface area contributed by atoms with E-state index in [4.69, 9.17) is 5.73 Å². The third kappa shape index (κ3) is 3.52. The molecule has 2 aromatic rings. The second-order valence-corrected chi connectivity index (χ2v) is 7.74. The highest BCUT2D eigenvalue weighted by atomic mass is 16.2. The number of amides is 5. The highest BCUT2D eigenvalue weighted by molar-refractivity contribution is 6.10. The van der Waals surface area contributed by atoms with Crippen LogP contribution in [-0.2, 0) is 16.0 Å². The van der Waals surface area contributed by atoms with Crippen LogP contribution < -0.4 is 16.0 Å². The van der Waals surface area contributed by atoms with Crippen molar-refractivity contribution in [3.8, 4) is 0 Å². The smallest absolute Gasteiger partial charge is 0.328 e. The summed E-state index contributed by atoms with van der Waals surface area (Å²) >= 11 is 0. The number of urea groups is 1. The molecule has 0 saturated carbocycles. The molecule has 0 atom stereocenters. The minimum Gasteiger partial charge on any atom is -0.369 e. The van der Waals surface area contributed by atoms with Crippen LogP contribution in [0.15, 0.2) is 54.6 Å². The number of hydrogen-bond acceptors (Lipinski definition) is 4. The zero-order valence-electron chi connectivity index (χ0n) is 16.3. The highest BCUT2D eigenvalue weighted by Crippen LogP contribution is 2.36. The van der Waals surface area contributed by atoms with Crippen LogP contribution in [-0.4, -0.2) is 48.3 Å². The van der Waals surface area contributed by atoms with Gasteiger partial charge in [-0.3, -0.25) is 24.6 Å². The Labute approximate surface area is 173 Å². The minimum atomic E-state index is -0.805. The van der Waals surface area contributed by atoms with Gasteiger partial charge in [0.05, 0.1) is 16.7 Å². The Bertz CT molecular complexity index is 1010. The topological polar surface area (TPSA) is 113 Å². The predicted octanol–water partition coefficient (Wildman–Crippen LogP) is 1.30. The Hall–Kier alpha value is -3.68. The first-order chi connectivity index (χ1) is 14.4. The summed E-state index contributed by atoms with van der Waals surface area (Å²) in [5, 5.41) is 2.27. The lowest BCUT2D eigenvalue weighted by Crippen LogP contribution is -2.65. The molecule has 2 aromatic carbocycles. The molecule has 2 aliphatic heterocycles. The largest absolute Gasteiger partial charge is 0.369 e. The fourth-order valence-corrected chi connectivity index (χ4v) is 4.02. The van der Waals surface area contributed by atoms with E-state index in [1.165, 1.54) is 4.90 Å². The van der Waals surface area contributed by atoms with Crippen LogP contribution in [0.1, 0.15) is 22.3 Å². The summed E-state index contributed by atoms with van der Waals surface area (Å²) in [5.74, 6) is -1.05. The summed E-state index contributed by atoms with van der Waals surface area (Å²) in [5.41, 5.74) is 6.65. The molecule has 30 heavy (non-hydrogen) atoms. The Morgan fingerprint density at radius 2 is 1.67 bits per heavy atom. The zero-order valence-corrected chi connectivity index (χ0v) is 16.3. The van der Waals surface area contributed by atoms with Crippen LogP contribution in [0, 0.1) is 5.41 Å². The van der Waals surface area contributed by atoms with Crippen LogP contribution in [0.4, 0.5) is 10.5 Å². The Morgan fingerprint density at radius 3 is 2.33 bits per heavy atom. The first-order valence-corrected chi connectivity index (χ1v) is 9.73. The molecule has 2 saturated heterocycles. The van der Waals surface area contributed by atoms with Crippen molar-refractivity contribution in [3.05, 3.63) is 65.7 Å². The van der Waals surface area contributed by atoms with E-state index in [9.17, 15) is 19.2 Å². The van der Waals surface area contributed by atoms with Gasteiger partial charge in [-0.15, -0.1) is 0 Å². The minimum absolute atomic E-state index is 0.167. The van der Waals surface area contributed by atoms with Crippen LogP contribution in [0.3, 0.4) is 0 Å². The monoisotopic (exact) mass is 406 g/mol. The van der Waals surface area contributed by atoms with E-state index in [-0.39, 0.29) is 37.9 Å². The highest BCUT2D eigenvalue weighted by Gasteiger charge is 2.50. The number of nitrogens with one attached hydrogen (secondary N) is 1. The van der Waals surface area contributed by atoms with E-state index in [1.54, 1.807) is 29.2 Å². The van der Waals surface area contributed by atoms with Gasteiger partial charge in [-0.05, 0) is 24.1 Å². The van der Waals surface area contributed by atoms with Gasteiger partial charge in [0.2, 0.25) is 11.8 Å². The van der Waals surface area contributed by atoms with Crippen molar-refractivity contribution < 1.29 is 19.2 Å². The number of likely N-dealkylation sites (tertiary alicyclic amines) is 1. The van der Waals surface area contributed by atoms with Gasteiger partial charge in [-0.1, -0.05) is 42.5 Å². The lowest BCUT2D eigenvalue weighted by atomic mass is 9.73. The summed E-state index contributed by atoms with van der Waals surface area (Å²) in [4.78, 5) is 52.0. The SMILES string of the molecule is NC(=O)C1(Cc2ccccc2)CN(C(=O)c2ccccc2N2CCC(=O)NC2=O)C1. The van der Waals surface area contributed by atoms with E-state index in [2.05, 4.69) is 5.32 Å². The molecular formula is C22H22N4O4. The average molecular weight is 406 g/mol. The summed E-state index contributed by atoms with van der Waals surface area (Å²) < 4.78 is 0. The van der Waals surface area contributed by atoms with Crippen molar-refractivity contribution in [2.45, 2.75) is 12.8 Å². The predicted molar refractivity (Wildman–Crippen MR) is 110 cm³/mol. The van der Waals surface area contributed by atoms with Crippen LogP contribution in [0.25, 0.3) is 0 Å². The van der Waals surface area contributed by atoms with Gasteiger partial charge in [0.1, 0.15) is 0 Å². The standard InChI is InChI=1S/C22H22N4O4/c23-20(29)22(12-15-6-2-1-3-7-15)13-25(14-22)19(28)16-8-4-5-9-17(16)26-11-10-18(27)24-21(26)30/h1-9H,10-14H2,(H2,23,29)(H,24,27,30). The van der Waals surface area contributed by atoms with Crippen LogP contribution >= 0.6 is 0 Å². The quantitative estimate of drug-likeness (QED) is 0.779. The molecule has 8 heteroatoms. The summed E-state index contributed by atoms with van der Waals surface area (Å²) in [6, 6.07) is 15.8. The molecular weight excluding hydrogens is 384 g/mol. The van der Waals surface area contributed by atoms with Crippen molar-refractivity contribution in [2.75, 3.05) is 24.5 Å². The summed E-state index contributed by atoms with van der Waals surface area (Å²) in [6.45, 7) is 0.637. The molecule has 0 bridgehead atoms. The molecule has 2 heterocycles. The first kappa shape index (κ1) is 19.6. The van der Waals surface area contributed by atoms with E-state index >= 15 is 0 Å². The van der Waals surface area contributed by atoms with Gasteiger partial charge in [-0.25, -0.2) is 4.79 Å². The van der Waals surface area contributed by atoms with Gasteiger partial charge in [0.15, 0.2) is 0 Å². The van der Waals surface area contributed by atoms with Crippen molar-refractivity contribution in [1.29, 1.82) is 0 Å². The lowest BCUT2D eigenvalue weighted by molar-refractivity contribution is -0.135. The van der Waals surface area contributed by atoms with E-state index in [0.29, 0.717) is 17.7 Å². The fraction of sp³-hybridized carbons (Fsp3) is 0.273. The number of imide groups is 1. The molecule has 0 aliphatic carbocycles. The fourth-order valence-electron chi connectivity index (χ4n) is 4.02. The number of anilines is 1. The van der Waals surface area contributed by atoms with Crippen molar-refractivity contribution in [1.82, 2.24) is 10.2 Å². The maximum absolute atomic E-state index is 13.2. The number of nitrogens with two attached hydrogens (primary N) is 1. The molecule has 4 rings (SSSR count). The number of carbonyl (C=O) groups excluding carboxylic acids is 4. The maximum Gasteiger partial charge on any atom is 0.328 e. The second-order valence-electron chi connectivity index (χ2n) is 7.74. The van der Waals surface area contributed by atoms with E-state index in [1.807, 2.05) is 30.3 Å². The van der Waals surface area contributed by atoms with E-state index in [0.717, 1.165) is 5.56 Å². The number of primary amides is 1. The molecule has 0 aromatic heterocycles. The summed E-state index contributed by atoms with van der Waals surface area (Å²) in [7, 11) is 0. The van der Waals surface area contributed by atoms with Crippen molar-refractivity contribution >= 4 is 29.4 Å². The van der Waals surface area contributed by atoms with Crippen LogP contribution in [0.5, 0.6) is 0 Å². The van der Waals surface area contributed by atoms with Crippen LogP contribution in [0.2, 0.25) is 0 Å².